The van der Waals surface area contributed by atoms with Crippen LogP contribution in [0.4, 0.5) is 0 Å². The minimum absolute atomic E-state index is 1.13. The Balaban J connectivity index is 1.44. The van der Waals surface area contributed by atoms with Gasteiger partial charge < -0.3 is 0 Å². The van der Waals surface area contributed by atoms with Crippen LogP contribution in [0.25, 0.3) is 0 Å². The molecular weight excluding hydrogens is 284 g/mol. The standard InChI is InChI=1S/C14H23.C5H5.Fe/c1-4-7-8-9-13-11-10-12(5-2)14(13)6-3;1-2-4-5-3-1;/h10-11H,4-9H2,1-3H3;1-5H;. The Morgan fingerprint density at radius 1 is 0.750 bits per heavy atom. The van der Waals surface area contributed by atoms with Crippen LogP contribution >= 0.6 is 0 Å². The molecule has 20 heavy (non-hydrogen) atoms. The predicted molar refractivity (Wildman–Crippen MR) is 79.1 cm³/mol. The van der Waals surface area contributed by atoms with E-state index in [4.69, 9.17) is 0 Å². The van der Waals surface area contributed by atoms with E-state index in [0.29, 0.717) is 0 Å². The molecule has 0 aromatic heterocycles. The average molecular weight is 312 g/mol. The van der Waals surface area contributed by atoms with E-state index in [-0.39, 0.29) is 0 Å². The van der Waals surface area contributed by atoms with Crippen LogP contribution in [0.2, 0.25) is 46.7 Å². The Morgan fingerprint density at radius 3 is 1.75 bits per heavy atom. The maximum absolute atomic E-state index is 3.02. The van der Waals surface area contributed by atoms with Gasteiger partial charge in [-0.3, -0.25) is 0 Å². The molecule has 0 aromatic carbocycles. The van der Waals surface area contributed by atoms with Gasteiger partial charge in [0, 0.05) is 0 Å². The summed E-state index contributed by atoms with van der Waals surface area (Å²) in [7, 11) is 0. The third kappa shape index (κ3) is 0.0884. The number of fused-ring (bicyclic) bond motifs is 10. The second-order valence-corrected chi connectivity index (χ2v) is 35.6. The molecule has 0 aliphatic carbocycles. The molecule has 0 N–H and O–H groups in total. The first-order chi connectivity index (χ1) is 9.51. The zero-order chi connectivity index (χ0) is 13.1. The molecule has 0 saturated carbocycles. The molecule has 0 bridgehead atoms. The quantitative estimate of drug-likeness (QED) is 0.370. The second kappa shape index (κ2) is 0.817. The molecule has 5 atom stereocenters. The van der Waals surface area contributed by atoms with Crippen LogP contribution in [0.3, 0.4) is 0 Å². The van der Waals surface area contributed by atoms with Gasteiger partial charge in [0.05, 0.1) is 0 Å². The molecule has 10 aliphatic rings. The maximum atomic E-state index is 2.67. The van der Waals surface area contributed by atoms with Crippen molar-refractivity contribution in [3.8, 4) is 0 Å². The van der Waals surface area contributed by atoms with Gasteiger partial charge in [-0.25, -0.2) is 0 Å². The number of unbranched alkanes of at least 4 members (excludes halogenated alkanes) is 2. The van der Waals surface area contributed by atoms with Crippen LogP contribution in [0.1, 0.15) is 59.3 Å². The molecule has 1 spiro atoms. The van der Waals surface area contributed by atoms with Crippen molar-refractivity contribution in [1.82, 2.24) is 0 Å². The van der Waals surface area contributed by atoms with Gasteiger partial charge in [0.1, 0.15) is 0 Å². The zero-order valence-corrected chi connectivity index (χ0v) is 14.2. The molecule has 10 aliphatic heterocycles. The van der Waals surface area contributed by atoms with Crippen molar-refractivity contribution >= 4 is 0 Å². The summed E-state index contributed by atoms with van der Waals surface area (Å²) in [5, 5.41) is 0. The van der Waals surface area contributed by atoms with Gasteiger partial charge in [-0.15, -0.1) is 0 Å². The number of hydrogen-bond donors (Lipinski definition) is 0. The third-order valence-electron chi connectivity index (χ3n) is 18.2. The van der Waals surface area contributed by atoms with Crippen LogP contribution in [-0.2, 0) is 6.51 Å². The van der Waals surface area contributed by atoms with Crippen LogP contribution in [0.15, 0.2) is 0 Å². The van der Waals surface area contributed by atoms with E-state index >= 15 is 0 Å². The molecule has 0 nitrogen and oxygen atoms in total. The number of rotatable bonds is 6. The third-order valence-corrected chi connectivity index (χ3v) is 63.6. The summed E-state index contributed by atoms with van der Waals surface area (Å²) in [6.45, 7) is 4.70. The van der Waals surface area contributed by atoms with Crippen molar-refractivity contribution in [3.63, 3.8) is 0 Å². The van der Waals surface area contributed by atoms with Crippen LogP contribution < -0.4 is 0 Å². The monoisotopic (exact) mass is 312 g/mol. The van der Waals surface area contributed by atoms with E-state index in [1.54, 1.807) is 32.1 Å². The van der Waals surface area contributed by atoms with Crippen molar-refractivity contribution < 1.29 is 6.51 Å². The molecule has 10 fully saturated rings. The fourth-order valence-corrected chi connectivity index (χ4v) is 104. The fourth-order valence-electron chi connectivity index (χ4n) is 21.9. The van der Waals surface area contributed by atoms with Gasteiger partial charge in [0.15, 0.2) is 0 Å². The molecule has 5 unspecified atom stereocenters. The Labute approximate surface area is 112 Å². The molecule has 0 amide bonds. The Hall–Kier alpha value is 0.519. The van der Waals surface area contributed by atoms with E-state index < -0.39 is 6.51 Å². The molecule has 10 saturated heterocycles. The molecule has 0 radical (unpaired) electrons. The SMILES string of the molecule is CCCCC[C]12[CH]3[CH]4[C]5(CC)[C]1(CC)[Fe]43521678[CH]2[CH]1[CH]6[CH]7[CH]28. The van der Waals surface area contributed by atoms with E-state index in [1.165, 1.54) is 40.1 Å². The van der Waals surface area contributed by atoms with Gasteiger partial charge in [-0.2, -0.15) is 0 Å². The van der Waals surface area contributed by atoms with Crippen molar-refractivity contribution in [1.29, 1.82) is 0 Å². The van der Waals surface area contributed by atoms with Gasteiger partial charge in [-0.05, 0) is 0 Å². The Kier molecular flexibility index (Phi) is 0.367. The van der Waals surface area contributed by atoms with Crippen molar-refractivity contribution in [3.05, 3.63) is 0 Å². The molecule has 112 valence electrons. The summed E-state index contributed by atoms with van der Waals surface area (Å²) in [4.78, 5) is 10.5. The van der Waals surface area contributed by atoms with Gasteiger partial charge >= 0.3 is 112 Å². The summed E-state index contributed by atoms with van der Waals surface area (Å²) in [5.74, 6) is 0. The van der Waals surface area contributed by atoms with E-state index in [9.17, 15) is 0 Å². The molecule has 10 rings (SSSR count). The minimum atomic E-state index is -3.02. The molecular formula is C19H28Fe. The van der Waals surface area contributed by atoms with E-state index in [2.05, 4.69) is 20.8 Å². The first-order valence-electron chi connectivity index (χ1n) is 9.72. The summed E-state index contributed by atoms with van der Waals surface area (Å²) >= 11 is 0. The molecule has 1 heteroatoms. The summed E-state index contributed by atoms with van der Waals surface area (Å²) in [6.07, 6.45) is 9.71. The van der Waals surface area contributed by atoms with Crippen LogP contribution in [0.5, 0.6) is 0 Å². The van der Waals surface area contributed by atoms with Crippen LogP contribution in [0, 0.1) is 0 Å². The topological polar surface area (TPSA) is 0 Å². The van der Waals surface area contributed by atoms with E-state index in [1.807, 2.05) is 0 Å². The summed E-state index contributed by atoms with van der Waals surface area (Å²) < 4.78 is 3.42. The Bertz CT molecular complexity index is 1040. The number of hydrogen-bond acceptors (Lipinski definition) is 0. The first-order valence-corrected chi connectivity index (χ1v) is 15.8. The van der Waals surface area contributed by atoms with Crippen LogP contribution in [-0.4, -0.2) is 0 Å². The average Bonchev–Trinajstić information content (AvgIpc) is 3.41. The van der Waals surface area contributed by atoms with E-state index in [0.717, 1.165) is 12.9 Å². The summed E-state index contributed by atoms with van der Waals surface area (Å²) in [6, 6.07) is 0. The second-order valence-electron chi connectivity index (χ2n) is 12.4. The summed E-state index contributed by atoms with van der Waals surface area (Å²) in [5.41, 5.74) is 0. The first kappa shape index (κ1) is 8.97. The predicted octanol–water partition coefficient (Wildman–Crippen LogP) is 6.89. The van der Waals surface area contributed by atoms with Gasteiger partial charge in [-0.1, -0.05) is 0 Å². The van der Waals surface area contributed by atoms with Gasteiger partial charge in [0.2, 0.25) is 0 Å². The normalized spacial score (nSPS) is 111. The van der Waals surface area contributed by atoms with Gasteiger partial charge in [0.25, 0.3) is 0 Å². The van der Waals surface area contributed by atoms with Crippen molar-refractivity contribution in [2.45, 2.75) is 106 Å². The Morgan fingerprint density at radius 2 is 1.35 bits per heavy atom. The van der Waals surface area contributed by atoms with Crippen molar-refractivity contribution in [2.24, 2.45) is 0 Å². The fraction of sp³-hybridized carbons (Fsp3) is 1.00. The van der Waals surface area contributed by atoms with Crippen molar-refractivity contribution in [2.75, 3.05) is 0 Å². The zero-order valence-electron chi connectivity index (χ0n) is 13.1. The molecule has 10 heterocycles. The molecule has 0 aromatic rings.